The molecule has 36 nitrogen and oxygen atoms in total. The van der Waals surface area contributed by atoms with E-state index in [-0.39, 0.29) is 51.7 Å². The minimum Gasteiger partial charge on any atom is -0.497 e. The molecule has 36 heteroatoms. The van der Waals surface area contributed by atoms with Crippen LogP contribution in [0.2, 0.25) is 0 Å². The van der Waals surface area contributed by atoms with Gasteiger partial charge < -0.3 is 106 Å². The van der Waals surface area contributed by atoms with Gasteiger partial charge in [-0.05, 0) is 145 Å². The maximum absolute atomic E-state index is 12.5. The number of allylic oxidation sites excluding steroid dienone is 1. The third-order valence-electron chi connectivity index (χ3n) is 21.4. The van der Waals surface area contributed by atoms with E-state index in [0.29, 0.717) is 188 Å². The van der Waals surface area contributed by atoms with Crippen LogP contribution in [0.3, 0.4) is 0 Å². The zero-order chi connectivity index (χ0) is 87.9. The molecule has 0 atom stereocenters. The van der Waals surface area contributed by atoms with Crippen molar-refractivity contribution in [1.82, 2.24) is 72.7 Å². The number of aromatic amines is 5. The number of fused-ring (bicyclic) bond motifs is 15. The molecule has 20 bridgehead atoms. The first-order chi connectivity index (χ1) is 61.9. The van der Waals surface area contributed by atoms with E-state index in [1.165, 1.54) is 12.0 Å². The average molecular weight is 1720 g/mol. The summed E-state index contributed by atoms with van der Waals surface area (Å²) in [6, 6.07) is 44.0. The number of benzene rings is 5. The van der Waals surface area contributed by atoms with E-state index in [1.807, 2.05) is 115 Å². The predicted octanol–water partition coefficient (Wildman–Crippen LogP) is 10.6. The monoisotopic (exact) mass is 1720 g/mol. The third kappa shape index (κ3) is 20.5. The van der Waals surface area contributed by atoms with E-state index in [1.54, 1.807) is 67.4 Å². The molecule has 16 N–H and O–H groups in total. The Morgan fingerprint density at radius 1 is 0.331 bits per heavy atom. The van der Waals surface area contributed by atoms with Gasteiger partial charge in [-0.25, -0.2) is 29.0 Å². The molecule has 0 aliphatic carbocycles. The summed E-state index contributed by atoms with van der Waals surface area (Å²) in [4.78, 5) is 97.2. The van der Waals surface area contributed by atoms with Crippen LogP contribution >= 0.6 is 0 Å². The minimum atomic E-state index is -0.275. The van der Waals surface area contributed by atoms with Crippen LogP contribution in [0.25, 0.3) is 55.2 Å². The normalized spacial score (nSPS) is 15.4. The highest BCUT2D eigenvalue weighted by atomic mass is 16.5. The fourth-order valence-corrected chi connectivity index (χ4v) is 15.2. The van der Waals surface area contributed by atoms with Crippen molar-refractivity contribution in [1.29, 1.82) is 0 Å². The molecule has 15 aromatic rings. The second-order valence-corrected chi connectivity index (χ2v) is 30.4. The summed E-state index contributed by atoms with van der Waals surface area (Å²) in [6.07, 6.45) is 20.3. The van der Waals surface area contributed by atoms with E-state index in [9.17, 15) is 24.0 Å². The Bertz CT molecular complexity index is 6920. The van der Waals surface area contributed by atoms with Crippen molar-refractivity contribution >= 4 is 90.1 Å². The summed E-state index contributed by atoms with van der Waals surface area (Å²) in [7, 11) is 3.20. The van der Waals surface area contributed by atoms with E-state index in [0.717, 1.165) is 109 Å². The SMILES string of the molecule is COc1cc2cc(c1)OC/C=C/COc1cc3c([nH]c(=O)n3C2)c(N)n1.COc1ccc2cc1OCCCCOc1cc3c([nH]c(=O)n3C2)c(N)n1.Nc1nc2cc3c1[nH]c(=O)n3Cc1cccc(c1)CCCCCN2.Nc1nc2cc3c1[nH]c(=O)n3Cc1cccc(c1)OC/C=C/CCCO2.Nc1nc2cc3c1[nH]c(=O)n3Cc1cccc(c1)OC/C=C/CCO2. The molecule has 5 aliphatic rings. The van der Waals surface area contributed by atoms with Gasteiger partial charge in [0, 0.05) is 42.9 Å². The molecule has 20 rings (SSSR count). The molecule has 15 heterocycles. The van der Waals surface area contributed by atoms with Crippen LogP contribution < -0.4 is 110 Å². The van der Waals surface area contributed by atoms with E-state index >= 15 is 0 Å². The minimum absolute atomic E-state index is 0.159. The zero-order valence-electron chi connectivity index (χ0n) is 70.0. The van der Waals surface area contributed by atoms with Gasteiger partial charge in [0.15, 0.2) is 40.6 Å². The number of nitrogens with two attached hydrogens (primary N) is 5. The number of aromatic nitrogens is 15. The first-order valence-electron chi connectivity index (χ1n) is 41.7. The van der Waals surface area contributed by atoms with E-state index in [4.69, 9.17) is 76.0 Å². The zero-order valence-corrected chi connectivity index (χ0v) is 70.0. The van der Waals surface area contributed by atoms with Crippen molar-refractivity contribution in [2.75, 3.05) is 108 Å². The number of hydrogen-bond acceptors (Lipinski definition) is 26. The lowest BCUT2D eigenvalue weighted by Crippen LogP contribution is -2.17. The summed E-state index contributed by atoms with van der Waals surface area (Å²) >= 11 is 0. The largest absolute Gasteiger partial charge is 0.497 e. The number of imidazole rings is 5. The van der Waals surface area contributed by atoms with Crippen molar-refractivity contribution in [3.8, 4) is 58.0 Å². The highest BCUT2D eigenvalue weighted by molar-refractivity contribution is 5.90. The maximum atomic E-state index is 12.5. The molecule has 0 unspecified atom stereocenters. The molecule has 0 radical (unpaired) electrons. The first kappa shape index (κ1) is 84.8. The van der Waals surface area contributed by atoms with Gasteiger partial charge in [-0.1, -0.05) is 85.3 Å². The first-order valence-corrected chi connectivity index (χ1v) is 41.7. The van der Waals surface area contributed by atoms with Crippen LogP contribution in [-0.2, 0) is 39.1 Å². The van der Waals surface area contributed by atoms with Gasteiger partial charge in [-0.3, -0.25) is 22.8 Å². The van der Waals surface area contributed by atoms with Gasteiger partial charge in [-0.15, -0.1) is 0 Å². The molecular weight excluding hydrogens is 1630 g/mol. The van der Waals surface area contributed by atoms with Crippen LogP contribution in [0.4, 0.5) is 34.9 Å². The van der Waals surface area contributed by atoms with Crippen molar-refractivity contribution < 1.29 is 47.4 Å². The lowest BCUT2D eigenvalue weighted by Gasteiger charge is -2.14. The molecule has 0 fully saturated rings. The second kappa shape index (κ2) is 39.2. The number of nitrogens with zero attached hydrogens (tertiary/aromatic N) is 10. The number of nitrogens with one attached hydrogen (secondary N) is 6. The number of pyridine rings is 5. The molecule has 0 spiro atoms. The summed E-state index contributed by atoms with van der Waals surface area (Å²) in [5.41, 5.74) is 41.1. The fraction of sp³-hybridized carbons (Fsp3) is 0.275. The van der Waals surface area contributed by atoms with Gasteiger partial charge in [0.2, 0.25) is 23.5 Å². The number of rotatable bonds is 2. The Morgan fingerprint density at radius 3 is 1.26 bits per heavy atom. The van der Waals surface area contributed by atoms with Gasteiger partial charge in [0.05, 0.1) is 101 Å². The van der Waals surface area contributed by atoms with Crippen molar-refractivity contribution in [3.63, 3.8) is 0 Å². The number of aryl methyl sites for hydroxylation is 1. The van der Waals surface area contributed by atoms with Crippen LogP contribution in [0, 0.1) is 0 Å². The number of anilines is 6. The van der Waals surface area contributed by atoms with Gasteiger partial charge in [0.1, 0.15) is 82.8 Å². The van der Waals surface area contributed by atoms with Crippen LogP contribution in [0.5, 0.6) is 58.0 Å². The van der Waals surface area contributed by atoms with Crippen LogP contribution in [0.1, 0.15) is 84.7 Å². The molecule has 0 amide bonds. The Kier molecular flexibility index (Phi) is 26.2. The fourth-order valence-electron chi connectivity index (χ4n) is 15.2. The lowest BCUT2D eigenvalue weighted by molar-refractivity contribution is 0.254. The number of ether oxygens (including phenoxy) is 10. The summed E-state index contributed by atoms with van der Waals surface area (Å²) in [5, 5.41) is 3.32. The van der Waals surface area contributed by atoms with Crippen LogP contribution in [-0.4, -0.2) is 146 Å². The Balaban J connectivity index is 0.000000117. The molecule has 656 valence electrons. The standard InChI is InChI=1S/C19H20N4O3.C18H21N5O.C18H20N4O4.C18H18N4O4.C18H18N4O3/c20-18-17-15-11-16(21-18)26-9-4-2-1-3-8-25-14-7-5-6-13(10-14)12-23(15)19(24)22-17;19-17-16-14-10-15(21-17)20-8-3-1-2-5-12-6-4-7-13(9-12)11-23(14)18(24)22-16;1-24-13-5-4-11-8-14(13)25-6-2-3-7-26-15-9-12-16(17(19)20-15)21-18(23)22(12)10-11;1-24-12-6-11-7-13(8-12)25-4-2-3-5-26-15-9-14-16(17(19)20-15)21-18(23)22(14)10-11;19-17-16-14-10-15(20-17)25-8-3-1-2-7-24-13-6-4-5-12(9-13)11-22(14)18(23)21-16/h1,3,5-7,10-11H,2,4,8-9,12H2,(H2,20,21)(H,22,24);4,6-7,9-10H,1-3,5,8,11H2,(H,22,24)(H3,19,20,21);4-5,8-9H,2-3,6-7,10H2,1H3,(H2,19,20)(H,21,23);2-3,6-9H,4-5,10H2,1H3,(H2,19,20)(H,21,23);1-2,4-6,9-10H,3,7-8,11H2,(H2,19,20)(H,21,23)/b3-1+;;;3-2+;2-1+. The average Bonchev–Trinajstić information content (AvgIpc) is 1.66. The number of H-pyrrole nitrogens is 5. The highest BCUT2D eigenvalue weighted by Gasteiger charge is 2.22. The summed E-state index contributed by atoms with van der Waals surface area (Å²) in [6.45, 7) is 6.60. The summed E-state index contributed by atoms with van der Waals surface area (Å²) < 4.78 is 64.6. The lowest BCUT2D eigenvalue weighted by atomic mass is 10.0. The van der Waals surface area contributed by atoms with Crippen molar-refractivity contribution in [2.24, 2.45) is 0 Å². The second-order valence-electron chi connectivity index (χ2n) is 30.4. The smallest absolute Gasteiger partial charge is 0.326 e. The third-order valence-corrected chi connectivity index (χ3v) is 21.4. The molecule has 127 heavy (non-hydrogen) atoms. The summed E-state index contributed by atoms with van der Waals surface area (Å²) in [5.74, 6) is 7.85. The predicted molar refractivity (Wildman–Crippen MR) is 485 cm³/mol. The highest BCUT2D eigenvalue weighted by Crippen LogP contribution is 2.33. The van der Waals surface area contributed by atoms with Gasteiger partial charge >= 0.3 is 28.4 Å². The Labute approximate surface area is 724 Å². The number of nitrogen functional groups attached to an aromatic ring is 5. The van der Waals surface area contributed by atoms with Crippen molar-refractivity contribution in [3.05, 3.63) is 262 Å². The molecule has 5 aromatic carbocycles. The maximum Gasteiger partial charge on any atom is 0.326 e. The van der Waals surface area contributed by atoms with Gasteiger partial charge in [0.25, 0.3) is 0 Å². The Hall–Kier alpha value is -15.8. The topological polar surface area (TPSA) is 488 Å². The van der Waals surface area contributed by atoms with Gasteiger partial charge in [-0.2, -0.15) is 19.9 Å². The molecule has 10 aromatic heterocycles. The molecule has 0 saturated carbocycles. The van der Waals surface area contributed by atoms with Crippen molar-refractivity contribution in [2.45, 2.75) is 90.5 Å². The molecular formula is C91H97N21O15. The van der Waals surface area contributed by atoms with E-state index in [2.05, 4.69) is 85.5 Å². The quantitative estimate of drug-likeness (QED) is 0.0716. The Morgan fingerprint density at radius 2 is 0.740 bits per heavy atom. The number of hydrogen-bond donors (Lipinski definition) is 11. The molecule has 0 saturated heterocycles. The van der Waals surface area contributed by atoms with Crippen LogP contribution in [0.15, 0.2) is 200 Å². The number of methoxy groups -OCH3 is 2. The van der Waals surface area contributed by atoms with E-state index < -0.39 is 0 Å². The molecule has 5 aliphatic heterocycles.